The fraction of sp³-hybridized carbons (Fsp3) is 0.952. The van der Waals surface area contributed by atoms with Crippen LogP contribution >= 0.6 is 15.6 Å². The molecular weight excluding hydrogens is 1330 g/mol. The highest BCUT2D eigenvalue weighted by Gasteiger charge is 2.30. The van der Waals surface area contributed by atoms with Gasteiger partial charge in [-0.1, -0.05) is 388 Å². The molecule has 0 saturated carbocycles. The molecule has 0 rings (SSSR count). The van der Waals surface area contributed by atoms with Crippen molar-refractivity contribution in [3.63, 3.8) is 0 Å². The molecule has 0 aromatic rings. The van der Waals surface area contributed by atoms with Gasteiger partial charge in [0, 0.05) is 25.7 Å². The number of carbonyl (C=O) groups excluding carboxylic acids is 4. The summed E-state index contributed by atoms with van der Waals surface area (Å²) >= 11 is 0. The highest BCUT2D eigenvalue weighted by Crippen LogP contribution is 2.45. The molecular formula is C83H162O17P2. The van der Waals surface area contributed by atoms with Crippen LogP contribution in [0, 0.1) is 11.8 Å². The monoisotopic (exact) mass is 1490 g/mol. The number of phosphoric acid groups is 2. The maximum atomic E-state index is 13.1. The molecule has 0 saturated heterocycles. The van der Waals surface area contributed by atoms with Crippen molar-refractivity contribution in [3.8, 4) is 0 Å². The van der Waals surface area contributed by atoms with Crippen LogP contribution in [0.25, 0.3) is 0 Å². The summed E-state index contributed by atoms with van der Waals surface area (Å²) in [5.74, 6) is -0.663. The van der Waals surface area contributed by atoms with Gasteiger partial charge in [0.05, 0.1) is 26.4 Å². The predicted molar refractivity (Wildman–Crippen MR) is 418 cm³/mol. The second-order valence-corrected chi connectivity index (χ2v) is 33.5. The molecule has 19 heteroatoms. The first-order valence-electron chi connectivity index (χ1n) is 43.0. The van der Waals surface area contributed by atoms with Crippen LogP contribution in [-0.4, -0.2) is 96.7 Å². The molecule has 0 aromatic heterocycles. The zero-order valence-corrected chi connectivity index (χ0v) is 68.7. The lowest BCUT2D eigenvalue weighted by molar-refractivity contribution is -0.161. The van der Waals surface area contributed by atoms with Gasteiger partial charge in [-0.3, -0.25) is 37.3 Å². The summed E-state index contributed by atoms with van der Waals surface area (Å²) in [6, 6.07) is 0. The molecule has 0 aliphatic rings. The number of hydrogen-bond donors (Lipinski definition) is 3. The van der Waals surface area contributed by atoms with Crippen molar-refractivity contribution in [3.05, 3.63) is 0 Å². The smallest absolute Gasteiger partial charge is 0.462 e. The SMILES string of the molecule is CCCCCCCCCCCCCCCCCCCCCCCCC(=O)O[C@H](COC(=O)CCCCCCCCCCCCCCCCCCCCC)COP(=O)(O)OC[C@@H](O)COP(=O)(O)OC[C@@H](COC(=O)CCCCCCCCC(C)CC)OC(=O)CCCCCCCCCCC(C)C. The van der Waals surface area contributed by atoms with E-state index < -0.39 is 97.5 Å². The molecule has 0 radical (unpaired) electrons. The van der Waals surface area contributed by atoms with Crippen LogP contribution < -0.4 is 0 Å². The molecule has 3 N–H and O–H groups in total. The van der Waals surface area contributed by atoms with Crippen LogP contribution in [-0.2, 0) is 65.4 Å². The number of unbranched alkanes of at least 4 members (excludes halogenated alkanes) is 51. The number of ether oxygens (including phenoxy) is 4. The minimum absolute atomic E-state index is 0.104. The summed E-state index contributed by atoms with van der Waals surface area (Å²) in [5.41, 5.74) is 0. The van der Waals surface area contributed by atoms with Gasteiger partial charge < -0.3 is 33.8 Å². The number of carbonyl (C=O) groups is 4. The highest BCUT2D eigenvalue weighted by atomic mass is 31.2. The number of rotatable bonds is 82. The molecule has 17 nitrogen and oxygen atoms in total. The fourth-order valence-corrected chi connectivity index (χ4v) is 14.4. The van der Waals surface area contributed by atoms with Crippen LogP contribution in [0.15, 0.2) is 0 Å². The Morgan fingerprint density at radius 3 is 0.745 bits per heavy atom. The summed E-state index contributed by atoms with van der Waals surface area (Å²) in [4.78, 5) is 73.0. The van der Waals surface area contributed by atoms with E-state index in [0.29, 0.717) is 25.7 Å². The van der Waals surface area contributed by atoms with E-state index in [1.807, 2.05) is 0 Å². The minimum atomic E-state index is -4.96. The van der Waals surface area contributed by atoms with Crippen LogP contribution in [0.4, 0.5) is 0 Å². The van der Waals surface area contributed by atoms with Crippen LogP contribution in [0.2, 0.25) is 0 Å². The Bertz CT molecular complexity index is 1960. The Morgan fingerprint density at radius 1 is 0.284 bits per heavy atom. The van der Waals surface area contributed by atoms with Gasteiger partial charge in [0.1, 0.15) is 19.3 Å². The number of hydrogen-bond acceptors (Lipinski definition) is 15. The maximum absolute atomic E-state index is 13.1. The van der Waals surface area contributed by atoms with Crippen LogP contribution in [0.5, 0.6) is 0 Å². The van der Waals surface area contributed by atoms with Gasteiger partial charge >= 0.3 is 39.5 Å². The summed E-state index contributed by atoms with van der Waals surface area (Å²) in [6.07, 6.45) is 65.6. The van der Waals surface area contributed by atoms with Crippen LogP contribution in [0.3, 0.4) is 0 Å². The molecule has 606 valence electrons. The first-order valence-corrected chi connectivity index (χ1v) is 46.0. The Hall–Kier alpha value is -1.94. The van der Waals surface area contributed by atoms with Crippen molar-refractivity contribution in [2.45, 2.75) is 458 Å². The summed E-state index contributed by atoms with van der Waals surface area (Å²) in [5, 5.41) is 10.6. The third-order valence-corrected chi connectivity index (χ3v) is 21.7. The molecule has 0 spiro atoms. The number of esters is 4. The van der Waals surface area contributed by atoms with E-state index in [4.69, 9.17) is 37.0 Å². The standard InChI is InChI=1S/C83H162O17P2/c1-7-10-12-14-16-18-20-22-24-26-28-29-30-32-34-36-38-40-42-47-55-61-67-82(87)99-78(71-93-80(85)65-59-53-46-41-39-37-35-33-31-27-25-23-21-19-17-15-13-11-8-2)73-97-101(89,90)95-69-77(84)70-96-102(91,92)98-74-79(72-94-81(86)66-60-54-50-49-52-58-64-76(6)9-3)100-83(88)68-62-56-48-44-43-45-51-57-63-75(4)5/h75-79,84H,7-74H2,1-6H3,(H,89,90)(H,91,92)/t76?,77-,78-,79-/m1/s1. The number of phosphoric ester groups is 2. The molecule has 0 aliphatic carbocycles. The largest absolute Gasteiger partial charge is 0.472 e. The van der Waals surface area contributed by atoms with Gasteiger partial charge in [0.25, 0.3) is 0 Å². The highest BCUT2D eigenvalue weighted by molar-refractivity contribution is 7.47. The molecule has 0 aromatic carbocycles. The molecule has 0 fully saturated rings. The molecule has 0 bridgehead atoms. The first kappa shape index (κ1) is 100. The lowest BCUT2D eigenvalue weighted by Gasteiger charge is -2.21. The Kier molecular flexibility index (Phi) is 73.1. The molecule has 0 aliphatic heterocycles. The van der Waals surface area contributed by atoms with E-state index in [9.17, 15) is 43.2 Å². The predicted octanol–water partition coefficient (Wildman–Crippen LogP) is 25.1. The number of aliphatic hydroxyl groups excluding tert-OH is 1. The van der Waals surface area contributed by atoms with Gasteiger partial charge in [-0.2, -0.15) is 0 Å². The summed E-state index contributed by atoms with van der Waals surface area (Å²) in [7, 11) is -9.92. The van der Waals surface area contributed by atoms with Gasteiger partial charge in [-0.25, -0.2) is 9.13 Å². The quantitative estimate of drug-likeness (QED) is 0.0222. The van der Waals surface area contributed by atoms with E-state index in [1.165, 1.54) is 250 Å². The summed E-state index contributed by atoms with van der Waals surface area (Å²) < 4.78 is 68.7. The topological polar surface area (TPSA) is 237 Å². The van der Waals surface area contributed by atoms with E-state index in [1.54, 1.807) is 0 Å². The lowest BCUT2D eigenvalue weighted by atomic mass is 10.00. The lowest BCUT2D eigenvalue weighted by Crippen LogP contribution is -2.30. The molecule has 102 heavy (non-hydrogen) atoms. The van der Waals surface area contributed by atoms with E-state index >= 15 is 0 Å². The van der Waals surface area contributed by atoms with E-state index in [0.717, 1.165) is 108 Å². The molecule has 3 unspecified atom stereocenters. The van der Waals surface area contributed by atoms with Crippen molar-refractivity contribution in [2.75, 3.05) is 39.6 Å². The fourth-order valence-electron chi connectivity index (χ4n) is 12.9. The second kappa shape index (κ2) is 74.5. The molecule has 6 atom stereocenters. The van der Waals surface area contributed by atoms with E-state index in [-0.39, 0.29) is 25.7 Å². The third kappa shape index (κ3) is 74.9. The average molecular weight is 1490 g/mol. The molecule has 0 heterocycles. The molecule has 0 amide bonds. The summed E-state index contributed by atoms with van der Waals surface area (Å²) in [6.45, 7) is 9.55. The van der Waals surface area contributed by atoms with Gasteiger partial charge in [-0.05, 0) is 37.5 Å². The normalized spacial score (nSPS) is 14.1. The van der Waals surface area contributed by atoms with E-state index in [2.05, 4.69) is 41.5 Å². The second-order valence-electron chi connectivity index (χ2n) is 30.6. The van der Waals surface area contributed by atoms with Gasteiger partial charge in [0.2, 0.25) is 0 Å². The Balaban J connectivity index is 5.19. The minimum Gasteiger partial charge on any atom is -0.462 e. The average Bonchev–Trinajstić information content (AvgIpc) is 0.917. The maximum Gasteiger partial charge on any atom is 0.472 e. The number of aliphatic hydroxyl groups is 1. The third-order valence-electron chi connectivity index (χ3n) is 19.8. The Morgan fingerprint density at radius 2 is 0.500 bits per heavy atom. The first-order chi connectivity index (χ1) is 49.4. The Labute approximate surface area is 626 Å². The van der Waals surface area contributed by atoms with Gasteiger partial charge in [0.15, 0.2) is 12.2 Å². The van der Waals surface area contributed by atoms with Crippen molar-refractivity contribution >= 4 is 39.5 Å². The zero-order valence-electron chi connectivity index (χ0n) is 66.9. The van der Waals surface area contributed by atoms with Crippen molar-refractivity contribution in [1.82, 2.24) is 0 Å². The van der Waals surface area contributed by atoms with Crippen molar-refractivity contribution < 1.29 is 80.2 Å². The van der Waals surface area contributed by atoms with Gasteiger partial charge in [-0.15, -0.1) is 0 Å². The van der Waals surface area contributed by atoms with Crippen molar-refractivity contribution in [1.29, 1.82) is 0 Å². The van der Waals surface area contributed by atoms with Crippen molar-refractivity contribution in [2.24, 2.45) is 11.8 Å². The zero-order chi connectivity index (χ0) is 74.9. The van der Waals surface area contributed by atoms with Crippen LogP contribution in [0.1, 0.15) is 440 Å².